The average molecular weight is 330 g/mol. The fourth-order valence-corrected chi connectivity index (χ4v) is 2.17. The van der Waals surface area contributed by atoms with Crippen LogP contribution >= 0.6 is 15.9 Å². The predicted molar refractivity (Wildman–Crippen MR) is 77.3 cm³/mol. The van der Waals surface area contributed by atoms with E-state index in [1.54, 1.807) is 27.0 Å². The van der Waals surface area contributed by atoms with Gasteiger partial charge in [-0.05, 0) is 36.0 Å². The van der Waals surface area contributed by atoms with Crippen LogP contribution in [0.4, 0.5) is 11.4 Å². The van der Waals surface area contributed by atoms with Crippen LogP contribution in [-0.4, -0.2) is 24.4 Å². The molecule has 1 aromatic rings. The largest absolute Gasteiger partial charge is 0.325 e. The number of aryl methyl sites for hydroxylation is 1. The Balaban J connectivity index is 2.98. The van der Waals surface area contributed by atoms with Crippen LogP contribution < -0.4 is 10.6 Å². The lowest BCUT2D eigenvalue weighted by Crippen LogP contribution is -2.28. The molecule has 0 fully saturated rings. The number of hydrogen-bond acceptors (Lipinski definition) is 4. The first-order chi connectivity index (χ1) is 8.86. The monoisotopic (exact) mass is 329 g/mol. The van der Waals surface area contributed by atoms with Crippen molar-refractivity contribution in [3.8, 4) is 0 Å². The molecule has 0 aliphatic carbocycles. The van der Waals surface area contributed by atoms with Gasteiger partial charge in [-0.25, -0.2) is 0 Å². The van der Waals surface area contributed by atoms with Gasteiger partial charge in [-0.1, -0.05) is 6.92 Å². The Bertz CT molecular complexity index is 505. The molecule has 0 saturated heterocycles. The number of halogens is 1. The smallest absolute Gasteiger partial charge is 0.274 e. The van der Waals surface area contributed by atoms with Gasteiger partial charge in [0.2, 0.25) is 5.91 Å². The molecule has 0 bridgehead atoms. The first kappa shape index (κ1) is 15.6. The Morgan fingerprint density at radius 2 is 2.16 bits per heavy atom. The van der Waals surface area contributed by atoms with Gasteiger partial charge in [0, 0.05) is 28.6 Å². The van der Waals surface area contributed by atoms with Crippen LogP contribution in [0.3, 0.4) is 0 Å². The molecule has 1 rings (SSSR count). The standard InChI is InChI=1S/C12H16BrN3O3/c1-7-4-9(13)10(5-11(7)16(18)19)15-12(17)8(2)6-14-3/h4-5,8,14H,6H2,1-3H3,(H,15,17). The number of benzene rings is 1. The quantitative estimate of drug-likeness (QED) is 0.642. The molecule has 7 heteroatoms. The van der Waals surface area contributed by atoms with E-state index in [0.29, 0.717) is 22.3 Å². The Labute approximate surface area is 119 Å². The molecule has 0 saturated carbocycles. The second-order valence-corrected chi connectivity index (χ2v) is 5.18. The van der Waals surface area contributed by atoms with E-state index in [4.69, 9.17) is 0 Å². The van der Waals surface area contributed by atoms with E-state index in [0.717, 1.165) is 0 Å². The Morgan fingerprint density at radius 3 is 2.68 bits per heavy atom. The van der Waals surface area contributed by atoms with Crippen molar-refractivity contribution in [2.75, 3.05) is 18.9 Å². The molecule has 1 aromatic carbocycles. The third-order valence-electron chi connectivity index (χ3n) is 2.70. The molecule has 0 heterocycles. The van der Waals surface area contributed by atoms with E-state index in [2.05, 4.69) is 26.6 Å². The molecule has 1 unspecified atom stereocenters. The lowest BCUT2D eigenvalue weighted by atomic mass is 10.1. The van der Waals surface area contributed by atoms with Crippen LogP contribution in [-0.2, 0) is 4.79 Å². The summed E-state index contributed by atoms with van der Waals surface area (Å²) in [5.74, 6) is -0.412. The van der Waals surface area contributed by atoms with Crippen molar-refractivity contribution >= 4 is 33.2 Å². The van der Waals surface area contributed by atoms with Crippen molar-refractivity contribution in [3.05, 3.63) is 32.3 Å². The van der Waals surface area contributed by atoms with Crippen molar-refractivity contribution in [1.82, 2.24) is 5.32 Å². The number of rotatable bonds is 5. The lowest BCUT2D eigenvalue weighted by molar-refractivity contribution is -0.385. The Hall–Kier alpha value is -1.47. The number of carbonyl (C=O) groups excluding carboxylic acids is 1. The summed E-state index contributed by atoms with van der Waals surface area (Å²) in [4.78, 5) is 22.3. The summed E-state index contributed by atoms with van der Waals surface area (Å²) < 4.78 is 0.626. The van der Waals surface area contributed by atoms with Crippen molar-refractivity contribution < 1.29 is 9.72 Å². The van der Waals surface area contributed by atoms with Gasteiger partial charge >= 0.3 is 0 Å². The van der Waals surface area contributed by atoms with E-state index >= 15 is 0 Å². The topological polar surface area (TPSA) is 84.3 Å². The number of nitrogens with zero attached hydrogens (tertiary/aromatic N) is 1. The number of carbonyl (C=O) groups is 1. The minimum Gasteiger partial charge on any atom is -0.325 e. The van der Waals surface area contributed by atoms with Gasteiger partial charge in [-0.15, -0.1) is 0 Å². The number of hydrogen-bond donors (Lipinski definition) is 2. The molecular formula is C12H16BrN3O3. The molecule has 104 valence electrons. The van der Waals surface area contributed by atoms with Crippen LogP contribution in [0.25, 0.3) is 0 Å². The van der Waals surface area contributed by atoms with Crippen LogP contribution in [0.5, 0.6) is 0 Å². The highest BCUT2D eigenvalue weighted by Crippen LogP contribution is 2.30. The molecular weight excluding hydrogens is 314 g/mol. The van der Waals surface area contributed by atoms with E-state index in [9.17, 15) is 14.9 Å². The number of nitro benzene ring substituents is 1. The van der Waals surface area contributed by atoms with E-state index in [1.165, 1.54) is 6.07 Å². The van der Waals surface area contributed by atoms with E-state index < -0.39 is 4.92 Å². The van der Waals surface area contributed by atoms with Crippen molar-refractivity contribution in [2.24, 2.45) is 5.92 Å². The molecule has 0 radical (unpaired) electrons. The maximum absolute atomic E-state index is 11.9. The Morgan fingerprint density at radius 1 is 1.53 bits per heavy atom. The van der Waals surface area contributed by atoms with Gasteiger partial charge in [0.1, 0.15) is 0 Å². The predicted octanol–water partition coefficient (Wildman–Crippen LogP) is 2.46. The van der Waals surface area contributed by atoms with Crippen molar-refractivity contribution in [1.29, 1.82) is 0 Å². The maximum atomic E-state index is 11.9. The summed E-state index contributed by atoms with van der Waals surface area (Å²) in [6, 6.07) is 2.99. The minimum absolute atomic E-state index is 0.0141. The first-order valence-corrected chi connectivity index (χ1v) is 6.56. The van der Waals surface area contributed by atoms with Gasteiger partial charge in [0.15, 0.2) is 0 Å². The van der Waals surface area contributed by atoms with Gasteiger partial charge in [0.25, 0.3) is 5.69 Å². The molecule has 1 atom stereocenters. The summed E-state index contributed by atoms with van der Waals surface area (Å²) in [7, 11) is 1.76. The zero-order chi connectivity index (χ0) is 14.6. The van der Waals surface area contributed by atoms with E-state index in [1.807, 2.05) is 0 Å². The van der Waals surface area contributed by atoms with Crippen LogP contribution in [0, 0.1) is 23.0 Å². The van der Waals surface area contributed by atoms with Gasteiger partial charge in [-0.3, -0.25) is 14.9 Å². The van der Waals surface area contributed by atoms with Crippen LogP contribution in [0.15, 0.2) is 16.6 Å². The summed E-state index contributed by atoms with van der Waals surface area (Å²) in [6.07, 6.45) is 0. The van der Waals surface area contributed by atoms with Crippen LogP contribution in [0.1, 0.15) is 12.5 Å². The number of nitro groups is 1. The molecule has 0 spiro atoms. The van der Waals surface area contributed by atoms with E-state index in [-0.39, 0.29) is 17.5 Å². The molecule has 1 amide bonds. The summed E-state index contributed by atoms with van der Waals surface area (Å²) in [5, 5.41) is 16.5. The maximum Gasteiger partial charge on any atom is 0.274 e. The third kappa shape index (κ3) is 4.00. The molecule has 19 heavy (non-hydrogen) atoms. The van der Waals surface area contributed by atoms with Crippen molar-refractivity contribution in [2.45, 2.75) is 13.8 Å². The highest BCUT2D eigenvalue weighted by atomic mass is 79.9. The zero-order valence-corrected chi connectivity index (χ0v) is 12.6. The number of anilines is 1. The first-order valence-electron chi connectivity index (χ1n) is 5.76. The fourth-order valence-electron chi connectivity index (χ4n) is 1.61. The third-order valence-corrected chi connectivity index (χ3v) is 3.35. The summed E-state index contributed by atoms with van der Waals surface area (Å²) >= 11 is 3.29. The summed E-state index contributed by atoms with van der Waals surface area (Å²) in [6.45, 7) is 3.97. The van der Waals surface area contributed by atoms with Gasteiger partial charge in [-0.2, -0.15) is 0 Å². The zero-order valence-electron chi connectivity index (χ0n) is 11.0. The van der Waals surface area contributed by atoms with Crippen LogP contribution in [0.2, 0.25) is 0 Å². The molecule has 6 nitrogen and oxygen atoms in total. The number of amides is 1. The van der Waals surface area contributed by atoms with Gasteiger partial charge < -0.3 is 10.6 Å². The Kier molecular flexibility index (Phi) is 5.44. The molecule has 2 N–H and O–H groups in total. The average Bonchev–Trinajstić information content (AvgIpc) is 2.32. The second kappa shape index (κ2) is 6.63. The SMILES string of the molecule is CNCC(C)C(=O)Nc1cc([N+](=O)[O-])c(C)cc1Br. The fraction of sp³-hybridized carbons (Fsp3) is 0.417. The number of nitrogens with one attached hydrogen (secondary N) is 2. The van der Waals surface area contributed by atoms with Crippen molar-refractivity contribution in [3.63, 3.8) is 0 Å². The molecule has 0 aliphatic heterocycles. The highest BCUT2D eigenvalue weighted by Gasteiger charge is 2.18. The summed E-state index contributed by atoms with van der Waals surface area (Å²) in [5.41, 5.74) is 0.933. The lowest BCUT2D eigenvalue weighted by Gasteiger charge is -2.13. The van der Waals surface area contributed by atoms with Gasteiger partial charge in [0.05, 0.1) is 10.6 Å². The molecule has 0 aliphatic rings. The highest BCUT2D eigenvalue weighted by molar-refractivity contribution is 9.10. The second-order valence-electron chi connectivity index (χ2n) is 4.32. The normalized spacial score (nSPS) is 12.0. The minimum atomic E-state index is -0.464. The molecule has 0 aromatic heterocycles.